The van der Waals surface area contributed by atoms with E-state index in [0.29, 0.717) is 0 Å². The Balaban J connectivity index is 1.11. The van der Waals surface area contributed by atoms with Gasteiger partial charge >= 0.3 is 7.12 Å². The predicted octanol–water partition coefficient (Wildman–Crippen LogP) is 11.5. The average molecular weight is 689 g/mol. The van der Waals surface area contributed by atoms with Crippen molar-refractivity contribution >= 4 is 97.8 Å². The van der Waals surface area contributed by atoms with Crippen molar-refractivity contribution in [1.82, 2.24) is 0 Å². The van der Waals surface area contributed by atoms with Gasteiger partial charge in [0.2, 0.25) is 0 Å². The Morgan fingerprint density at radius 3 is 1.71 bits per heavy atom. The lowest BCUT2D eigenvalue weighted by atomic mass is 9.79. The minimum Gasteiger partial charge on any atom is -0.399 e. The third kappa shape index (κ3) is 5.02. The molecule has 0 atom stereocenters. The van der Waals surface area contributed by atoms with Crippen LogP contribution in [0.5, 0.6) is 0 Å². The van der Waals surface area contributed by atoms with Crippen molar-refractivity contribution in [1.29, 1.82) is 0 Å². The van der Waals surface area contributed by atoms with Crippen LogP contribution < -0.4 is 10.4 Å². The molecule has 0 saturated carbocycles. The Bertz CT molecular complexity index is 2170. The smallest absolute Gasteiger partial charge is 0.399 e. The molecular weight excluding hydrogens is 657 g/mol. The molecule has 1 saturated heterocycles. The van der Waals surface area contributed by atoms with E-state index >= 15 is 0 Å². The molecule has 3 heterocycles. The topological polar surface area (TPSA) is 21.7 Å². The zero-order chi connectivity index (χ0) is 30.9. The number of para-hydroxylation sites is 1. The Hall–Kier alpha value is -3.46. The molecule has 8 rings (SSSR count). The summed E-state index contributed by atoms with van der Waals surface area (Å²) >= 11 is 7.40. The lowest BCUT2D eigenvalue weighted by Gasteiger charge is -2.32. The second-order valence-electron chi connectivity index (χ2n) is 12.6. The van der Waals surface area contributed by atoms with Gasteiger partial charge in [-0.1, -0.05) is 76.6 Å². The van der Waals surface area contributed by atoms with Crippen LogP contribution in [0.3, 0.4) is 0 Å². The van der Waals surface area contributed by atoms with Crippen molar-refractivity contribution < 1.29 is 9.31 Å². The molecule has 5 aromatic carbocycles. The number of halogens is 1. The predicted molar refractivity (Wildman–Crippen MR) is 198 cm³/mol. The second kappa shape index (κ2) is 10.8. The summed E-state index contributed by atoms with van der Waals surface area (Å²) in [5, 5.41) is 2.68. The fourth-order valence-corrected chi connectivity index (χ4v) is 9.24. The van der Waals surface area contributed by atoms with Crippen LogP contribution in [0.2, 0.25) is 0 Å². The summed E-state index contributed by atoms with van der Waals surface area (Å²) in [6.07, 6.45) is 0. The highest BCUT2D eigenvalue weighted by Crippen LogP contribution is 2.46. The molecule has 222 valence electrons. The zero-order valence-electron chi connectivity index (χ0n) is 25.5. The largest absolute Gasteiger partial charge is 0.494 e. The van der Waals surface area contributed by atoms with Crippen LogP contribution in [0.4, 0.5) is 17.1 Å². The fraction of sp³-hybridized carbons (Fsp3) is 0.158. The van der Waals surface area contributed by atoms with Crippen molar-refractivity contribution in [3.8, 4) is 11.1 Å². The highest BCUT2D eigenvalue weighted by atomic mass is 79.9. The van der Waals surface area contributed by atoms with Gasteiger partial charge in [-0.2, -0.15) is 0 Å². The van der Waals surface area contributed by atoms with Crippen LogP contribution in [0.25, 0.3) is 40.7 Å². The summed E-state index contributed by atoms with van der Waals surface area (Å²) < 4.78 is 19.2. The molecule has 0 bridgehead atoms. The summed E-state index contributed by atoms with van der Waals surface area (Å²) in [7, 11) is -0.383. The maximum atomic E-state index is 6.30. The van der Waals surface area contributed by atoms with Crippen LogP contribution in [0.1, 0.15) is 27.7 Å². The van der Waals surface area contributed by atoms with E-state index < -0.39 is 0 Å². The number of anilines is 3. The normalized spacial score (nSPS) is 15.8. The van der Waals surface area contributed by atoms with Gasteiger partial charge in [0.25, 0.3) is 0 Å². The number of nitrogens with zero attached hydrogens (tertiary/aromatic N) is 1. The summed E-state index contributed by atoms with van der Waals surface area (Å²) in [5.41, 5.74) is 5.99. The van der Waals surface area contributed by atoms with Gasteiger partial charge in [0.15, 0.2) is 0 Å². The van der Waals surface area contributed by atoms with E-state index in [1.807, 2.05) is 22.7 Å². The Kier molecular flexibility index (Phi) is 6.97. The molecule has 7 aromatic rings. The first-order valence-corrected chi connectivity index (χ1v) is 17.6. The first-order chi connectivity index (χ1) is 21.7. The number of hydrogen-bond acceptors (Lipinski definition) is 5. The van der Waals surface area contributed by atoms with Gasteiger partial charge in [-0.25, -0.2) is 0 Å². The molecule has 0 N–H and O–H groups in total. The van der Waals surface area contributed by atoms with Crippen molar-refractivity contribution in [2.24, 2.45) is 0 Å². The number of thiophene rings is 2. The van der Waals surface area contributed by atoms with Crippen LogP contribution in [0.15, 0.2) is 120 Å². The van der Waals surface area contributed by atoms with Gasteiger partial charge in [-0.15, -0.1) is 22.7 Å². The second-order valence-corrected chi connectivity index (χ2v) is 15.6. The van der Waals surface area contributed by atoms with Crippen LogP contribution in [0, 0.1) is 0 Å². The van der Waals surface area contributed by atoms with Gasteiger partial charge in [-0.05, 0) is 98.9 Å². The van der Waals surface area contributed by atoms with Crippen LogP contribution >= 0.6 is 38.6 Å². The molecule has 45 heavy (non-hydrogen) atoms. The van der Waals surface area contributed by atoms with E-state index in [1.54, 1.807) is 0 Å². The van der Waals surface area contributed by atoms with Crippen molar-refractivity contribution in [2.75, 3.05) is 4.90 Å². The monoisotopic (exact) mass is 687 g/mol. The quantitative estimate of drug-likeness (QED) is 0.168. The molecule has 0 unspecified atom stereocenters. The van der Waals surface area contributed by atoms with E-state index in [-0.39, 0.29) is 18.3 Å². The molecule has 3 nitrogen and oxygen atoms in total. The maximum Gasteiger partial charge on any atom is 0.494 e. The summed E-state index contributed by atoms with van der Waals surface area (Å²) in [5.74, 6) is 0. The highest BCUT2D eigenvalue weighted by Gasteiger charge is 2.51. The lowest BCUT2D eigenvalue weighted by molar-refractivity contribution is 0.00578. The standard InChI is InChI=1S/C38H31BBrNO2S2/c1-37(2)38(3,4)43-39(42-37)26-13-18-30(19-14-26)41(28-8-6-5-7-9-28)29-16-10-24(11-17-29)25-12-20-31-33(22-25)44-36-32-21-15-27(40)23-34(32)45-35(31)36/h5-23H,1-4H3. The molecule has 0 spiro atoms. The average Bonchev–Trinajstić information content (AvgIpc) is 3.64. The Morgan fingerprint density at radius 2 is 1.09 bits per heavy atom. The molecule has 2 aromatic heterocycles. The fourth-order valence-electron chi connectivity index (χ4n) is 6.00. The van der Waals surface area contributed by atoms with Gasteiger partial charge in [-0.3, -0.25) is 0 Å². The molecule has 1 aliphatic rings. The van der Waals surface area contributed by atoms with Crippen molar-refractivity contribution in [2.45, 2.75) is 38.9 Å². The first-order valence-electron chi connectivity index (χ1n) is 15.1. The first kappa shape index (κ1) is 29.0. The van der Waals surface area contributed by atoms with Gasteiger partial charge in [0.1, 0.15) is 0 Å². The molecule has 0 aliphatic carbocycles. The minimum absolute atomic E-state index is 0.371. The van der Waals surface area contributed by atoms with Gasteiger partial charge < -0.3 is 14.2 Å². The summed E-state index contributed by atoms with van der Waals surface area (Å²) in [6.45, 7) is 8.35. The Labute approximate surface area is 280 Å². The molecular formula is C38H31BBrNO2S2. The SMILES string of the molecule is CC1(C)OB(c2ccc(N(c3ccccc3)c3ccc(-c4ccc5c(c4)sc4c6ccc(Br)cc6sc54)cc3)cc2)OC1(C)C. The Morgan fingerprint density at radius 1 is 0.578 bits per heavy atom. The summed E-state index contributed by atoms with van der Waals surface area (Å²) in [4.78, 5) is 2.29. The minimum atomic E-state index is -0.383. The third-order valence-electron chi connectivity index (χ3n) is 9.19. The number of benzene rings is 5. The number of hydrogen-bond donors (Lipinski definition) is 0. The molecule has 7 heteroatoms. The highest BCUT2D eigenvalue weighted by molar-refractivity contribution is 9.10. The summed E-state index contributed by atoms with van der Waals surface area (Å²) in [6, 6.07) is 41.4. The van der Waals surface area contributed by atoms with Crippen LogP contribution in [-0.2, 0) is 9.31 Å². The van der Waals surface area contributed by atoms with E-state index in [4.69, 9.17) is 9.31 Å². The molecule has 1 fully saturated rings. The zero-order valence-corrected chi connectivity index (χ0v) is 28.7. The lowest BCUT2D eigenvalue weighted by Crippen LogP contribution is -2.41. The third-order valence-corrected chi connectivity index (χ3v) is 12.2. The number of rotatable bonds is 5. The maximum absolute atomic E-state index is 6.30. The van der Waals surface area contributed by atoms with Crippen LogP contribution in [-0.4, -0.2) is 18.3 Å². The van der Waals surface area contributed by atoms with E-state index in [1.165, 1.54) is 40.7 Å². The van der Waals surface area contributed by atoms with Gasteiger partial charge in [0, 0.05) is 41.7 Å². The van der Waals surface area contributed by atoms with E-state index in [2.05, 4.69) is 164 Å². The van der Waals surface area contributed by atoms with Gasteiger partial charge in [0.05, 0.1) is 20.6 Å². The molecule has 1 aliphatic heterocycles. The van der Waals surface area contributed by atoms with E-state index in [9.17, 15) is 0 Å². The molecule has 0 radical (unpaired) electrons. The van der Waals surface area contributed by atoms with Crippen molar-refractivity contribution in [3.63, 3.8) is 0 Å². The molecule has 0 amide bonds. The van der Waals surface area contributed by atoms with E-state index in [0.717, 1.165) is 27.0 Å². The van der Waals surface area contributed by atoms with Crippen molar-refractivity contribution in [3.05, 3.63) is 120 Å². The number of fused-ring (bicyclic) bond motifs is 5.